The average molecular weight is 239 g/mol. The summed E-state index contributed by atoms with van der Waals surface area (Å²) in [5.41, 5.74) is 0.492. The topological polar surface area (TPSA) is 20.3 Å². The second kappa shape index (κ2) is 5.60. The van der Waals surface area contributed by atoms with Gasteiger partial charge in [-0.25, -0.2) is 0 Å². The van der Waals surface area contributed by atoms with Crippen LogP contribution in [0.3, 0.4) is 0 Å². The molecule has 90 valence electrons. The van der Waals surface area contributed by atoms with Crippen LogP contribution in [0, 0.1) is 0 Å². The fourth-order valence-corrected chi connectivity index (χ4v) is 2.79. The van der Waals surface area contributed by atoms with Crippen molar-refractivity contribution in [3.8, 4) is 0 Å². The molecule has 2 nitrogen and oxygen atoms in total. The molecule has 1 unspecified atom stereocenters. The van der Waals surface area contributed by atoms with E-state index >= 15 is 0 Å². The molecule has 0 aliphatic carbocycles. The maximum absolute atomic E-state index is 12.5. The lowest BCUT2D eigenvalue weighted by Crippen LogP contribution is -2.51. The van der Waals surface area contributed by atoms with Gasteiger partial charge in [0.15, 0.2) is 5.78 Å². The Bertz CT molecular complexity index is 330. The molecule has 1 heterocycles. The van der Waals surface area contributed by atoms with E-state index in [9.17, 15) is 4.79 Å². The predicted octanol–water partition coefficient (Wildman–Crippen LogP) is 3.44. The number of hydrogen-bond acceptors (Lipinski definition) is 3. The van der Waals surface area contributed by atoms with E-state index in [1.54, 1.807) is 11.3 Å². The first kappa shape index (κ1) is 13.4. The third-order valence-corrected chi connectivity index (χ3v) is 4.11. The van der Waals surface area contributed by atoms with Gasteiger partial charge < -0.3 is 0 Å². The van der Waals surface area contributed by atoms with Crippen LogP contribution in [0.4, 0.5) is 0 Å². The van der Waals surface area contributed by atoms with Crippen molar-refractivity contribution < 1.29 is 4.79 Å². The molecule has 0 saturated heterocycles. The molecule has 1 aromatic heterocycles. The number of hydrogen-bond donors (Lipinski definition) is 0. The summed E-state index contributed by atoms with van der Waals surface area (Å²) in [5, 5.41) is 3.91. The molecule has 1 aromatic rings. The minimum Gasteiger partial charge on any atom is -0.292 e. The summed E-state index contributed by atoms with van der Waals surface area (Å²) in [4.78, 5) is 14.7. The summed E-state index contributed by atoms with van der Waals surface area (Å²) in [5.74, 6) is 0.250. The number of carbonyl (C=O) groups excluding carboxylic acids is 1. The molecule has 0 saturated carbocycles. The van der Waals surface area contributed by atoms with E-state index in [1.807, 2.05) is 16.8 Å². The molecule has 0 N–H and O–H groups in total. The van der Waals surface area contributed by atoms with Crippen molar-refractivity contribution in [2.75, 3.05) is 13.1 Å². The Morgan fingerprint density at radius 3 is 2.38 bits per heavy atom. The van der Waals surface area contributed by atoms with E-state index in [1.165, 1.54) is 0 Å². The molecular formula is C13H21NOS. The van der Waals surface area contributed by atoms with Gasteiger partial charge in [0.2, 0.25) is 0 Å². The van der Waals surface area contributed by atoms with Crippen molar-refractivity contribution in [3.63, 3.8) is 0 Å². The second-order valence-electron chi connectivity index (χ2n) is 4.14. The Balaban J connectivity index is 3.00. The van der Waals surface area contributed by atoms with Crippen LogP contribution in [0.5, 0.6) is 0 Å². The van der Waals surface area contributed by atoms with Gasteiger partial charge in [-0.3, -0.25) is 9.69 Å². The van der Waals surface area contributed by atoms with E-state index in [4.69, 9.17) is 0 Å². The zero-order valence-electron chi connectivity index (χ0n) is 10.6. The van der Waals surface area contributed by atoms with Crippen molar-refractivity contribution in [2.45, 2.75) is 39.7 Å². The number of ketones is 1. The molecule has 0 bridgehead atoms. The molecule has 1 rings (SSSR count). The molecule has 0 aliphatic heterocycles. The van der Waals surface area contributed by atoms with Gasteiger partial charge >= 0.3 is 0 Å². The normalized spacial score (nSPS) is 15.1. The summed E-state index contributed by atoms with van der Waals surface area (Å²) in [6, 6.07) is 1.92. The number of thiophene rings is 1. The lowest BCUT2D eigenvalue weighted by atomic mass is 9.87. The number of rotatable bonds is 6. The zero-order chi connectivity index (χ0) is 12.2. The molecule has 0 amide bonds. The SMILES string of the molecule is CCN(CC)C(C)(CC)C(=O)c1ccsc1. The summed E-state index contributed by atoms with van der Waals surface area (Å²) in [7, 11) is 0. The molecule has 0 radical (unpaired) electrons. The van der Waals surface area contributed by atoms with Crippen LogP contribution < -0.4 is 0 Å². The first-order valence-electron chi connectivity index (χ1n) is 5.92. The van der Waals surface area contributed by atoms with Crippen LogP contribution in [0.15, 0.2) is 16.8 Å². The summed E-state index contributed by atoms with van der Waals surface area (Å²) in [6.45, 7) is 10.2. The maximum atomic E-state index is 12.5. The Labute approximate surface area is 102 Å². The second-order valence-corrected chi connectivity index (χ2v) is 4.92. The van der Waals surface area contributed by atoms with Crippen LogP contribution in [-0.2, 0) is 0 Å². The smallest absolute Gasteiger partial charge is 0.183 e. The van der Waals surface area contributed by atoms with Gasteiger partial charge in [-0.1, -0.05) is 20.8 Å². The van der Waals surface area contributed by atoms with Crippen LogP contribution in [0.2, 0.25) is 0 Å². The van der Waals surface area contributed by atoms with E-state index in [0.29, 0.717) is 0 Å². The quantitative estimate of drug-likeness (QED) is 0.709. The number of nitrogens with zero attached hydrogens (tertiary/aromatic N) is 1. The van der Waals surface area contributed by atoms with Crippen LogP contribution >= 0.6 is 11.3 Å². The van der Waals surface area contributed by atoms with Crippen molar-refractivity contribution in [1.29, 1.82) is 0 Å². The van der Waals surface area contributed by atoms with Gasteiger partial charge in [0.25, 0.3) is 0 Å². The molecule has 0 spiro atoms. The summed E-state index contributed by atoms with van der Waals surface area (Å²) < 4.78 is 0. The van der Waals surface area contributed by atoms with Gasteiger partial charge in [-0.2, -0.15) is 11.3 Å². The molecule has 1 atom stereocenters. The van der Waals surface area contributed by atoms with E-state index in [-0.39, 0.29) is 11.3 Å². The molecule has 0 aliphatic rings. The number of Topliss-reactive ketones (excluding diaryl/α,β-unsaturated/α-hetero) is 1. The van der Waals surface area contributed by atoms with Gasteiger partial charge in [-0.15, -0.1) is 0 Å². The minimum atomic E-state index is -0.357. The van der Waals surface area contributed by atoms with E-state index in [0.717, 1.165) is 25.1 Å². The Morgan fingerprint density at radius 1 is 1.38 bits per heavy atom. The molecule has 0 fully saturated rings. The third kappa shape index (κ3) is 2.36. The van der Waals surface area contributed by atoms with Gasteiger partial charge in [0.05, 0.1) is 5.54 Å². The Kier molecular flexibility index (Phi) is 4.69. The lowest BCUT2D eigenvalue weighted by Gasteiger charge is -2.38. The number of carbonyl (C=O) groups is 1. The van der Waals surface area contributed by atoms with Crippen LogP contribution in [0.25, 0.3) is 0 Å². The predicted molar refractivity (Wildman–Crippen MR) is 70.3 cm³/mol. The van der Waals surface area contributed by atoms with Crippen LogP contribution in [0.1, 0.15) is 44.5 Å². The fraction of sp³-hybridized carbons (Fsp3) is 0.615. The van der Waals surface area contributed by atoms with E-state index in [2.05, 4.69) is 32.6 Å². The highest BCUT2D eigenvalue weighted by Crippen LogP contribution is 2.25. The average Bonchev–Trinajstić information content (AvgIpc) is 2.82. The lowest BCUT2D eigenvalue weighted by molar-refractivity contribution is 0.0608. The fourth-order valence-electron chi connectivity index (χ4n) is 2.15. The molecular weight excluding hydrogens is 218 g/mol. The van der Waals surface area contributed by atoms with Crippen molar-refractivity contribution in [2.24, 2.45) is 0 Å². The van der Waals surface area contributed by atoms with Gasteiger partial charge in [-0.05, 0) is 37.9 Å². The first-order valence-corrected chi connectivity index (χ1v) is 6.86. The standard InChI is InChI=1S/C13H21NOS/c1-5-13(4,14(6-2)7-3)12(15)11-8-9-16-10-11/h8-10H,5-7H2,1-4H3. The number of likely N-dealkylation sites (N-methyl/N-ethyl adjacent to an activating group) is 1. The third-order valence-electron chi connectivity index (χ3n) is 3.42. The van der Waals surface area contributed by atoms with Crippen LogP contribution in [-0.4, -0.2) is 29.3 Å². The molecule has 3 heteroatoms. The van der Waals surface area contributed by atoms with Crippen molar-refractivity contribution in [1.82, 2.24) is 4.90 Å². The van der Waals surface area contributed by atoms with Gasteiger partial charge in [0, 0.05) is 10.9 Å². The maximum Gasteiger partial charge on any atom is 0.183 e. The first-order chi connectivity index (χ1) is 7.60. The van der Waals surface area contributed by atoms with Crippen molar-refractivity contribution >= 4 is 17.1 Å². The summed E-state index contributed by atoms with van der Waals surface area (Å²) >= 11 is 1.58. The Hall–Kier alpha value is -0.670. The monoisotopic (exact) mass is 239 g/mol. The van der Waals surface area contributed by atoms with Crippen molar-refractivity contribution in [3.05, 3.63) is 22.4 Å². The zero-order valence-corrected chi connectivity index (χ0v) is 11.4. The summed E-state index contributed by atoms with van der Waals surface area (Å²) in [6.07, 6.45) is 0.851. The van der Waals surface area contributed by atoms with E-state index < -0.39 is 0 Å². The van der Waals surface area contributed by atoms with Gasteiger partial charge in [0.1, 0.15) is 0 Å². The highest BCUT2D eigenvalue weighted by Gasteiger charge is 2.36. The Morgan fingerprint density at radius 2 is 2.00 bits per heavy atom. The largest absolute Gasteiger partial charge is 0.292 e. The highest BCUT2D eigenvalue weighted by atomic mass is 32.1. The molecule has 0 aromatic carbocycles. The highest BCUT2D eigenvalue weighted by molar-refractivity contribution is 7.08. The molecule has 16 heavy (non-hydrogen) atoms. The minimum absolute atomic E-state index is 0.250.